The Labute approximate surface area is 225 Å². The van der Waals surface area contributed by atoms with Crippen LogP contribution in [0.4, 0.5) is 0 Å². The summed E-state index contributed by atoms with van der Waals surface area (Å²) in [6.07, 6.45) is 3.48. The smallest absolute Gasteiger partial charge is 0.270 e. The van der Waals surface area contributed by atoms with Gasteiger partial charge >= 0.3 is 0 Å². The van der Waals surface area contributed by atoms with Gasteiger partial charge in [-0.15, -0.1) is 11.8 Å². The molecule has 1 aliphatic rings. The average Bonchev–Trinajstić information content (AvgIpc) is 3.32. The van der Waals surface area contributed by atoms with Gasteiger partial charge in [-0.25, -0.2) is 0 Å². The van der Waals surface area contributed by atoms with Crippen molar-refractivity contribution in [3.63, 3.8) is 0 Å². The molecule has 0 bridgehead atoms. The van der Waals surface area contributed by atoms with Crippen molar-refractivity contribution in [2.45, 2.75) is 33.4 Å². The van der Waals surface area contributed by atoms with Crippen LogP contribution >= 0.6 is 11.8 Å². The highest BCUT2D eigenvalue weighted by atomic mass is 32.2. The molecule has 1 fully saturated rings. The second-order valence-electron chi connectivity index (χ2n) is 9.32. The topological polar surface area (TPSA) is 94.4 Å². The molecule has 9 heteroatoms. The number of nitrogens with one attached hydrogen (secondary N) is 1. The largest absolute Gasteiger partial charge is 0.393 e. The first-order valence-corrected chi connectivity index (χ1v) is 14.0. The van der Waals surface area contributed by atoms with Gasteiger partial charge in [-0.1, -0.05) is 31.5 Å². The molecule has 0 aliphatic carbocycles. The van der Waals surface area contributed by atoms with Gasteiger partial charge in [0.1, 0.15) is 5.70 Å². The van der Waals surface area contributed by atoms with Crippen LogP contribution in [0.3, 0.4) is 0 Å². The molecule has 3 heterocycles. The van der Waals surface area contributed by atoms with Crippen molar-refractivity contribution >= 4 is 33.5 Å². The molecule has 1 saturated heterocycles. The third-order valence-electron chi connectivity index (χ3n) is 6.53. The fourth-order valence-corrected chi connectivity index (χ4v) is 5.40. The molecule has 0 saturated carbocycles. The number of hydrogen-bond donors (Lipinski definition) is 2. The molecule has 3 N–H and O–H groups in total. The first-order valence-electron chi connectivity index (χ1n) is 13.0. The van der Waals surface area contributed by atoms with Gasteiger partial charge in [-0.3, -0.25) is 19.8 Å². The van der Waals surface area contributed by atoms with E-state index in [4.69, 9.17) is 5.73 Å². The van der Waals surface area contributed by atoms with Gasteiger partial charge in [-0.05, 0) is 38.6 Å². The number of aromatic amines is 1. The molecule has 0 spiro atoms. The Kier molecular flexibility index (Phi) is 10.5. The minimum absolute atomic E-state index is 0.161. The van der Waals surface area contributed by atoms with Crippen molar-refractivity contribution in [2.24, 2.45) is 5.73 Å². The van der Waals surface area contributed by atoms with E-state index in [9.17, 15) is 4.79 Å². The van der Waals surface area contributed by atoms with Crippen molar-refractivity contribution in [2.75, 3.05) is 53.4 Å². The van der Waals surface area contributed by atoms with Crippen LogP contribution < -0.4 is 5.73 Å². The summed E-state index contributed by atoms with van der Waals surface area (Å²) in [6.45, 7) is 13.8. The van der Waals surface area contributed by atoms with Crippen LogP contribution in [0.5, 0.6) is 0 Å². The monoisotopic (exact) mass is 523 g/mol. The van der Waals surface area contributed by atoms with Crippen LogP contribution in [-0.4, -0.2) is 89.2 Å². The third kappa shape index (κ3) is 7.34. The van der Waals surface area contributed by atoms with Crippen molar-refractivity contribution in [3.05, 3.63) is 64.7 Å². The summed E-state index contributed by atoms with van der Waals surface area (Å²) < 4.78 is 0. The Morgan fingerprint density at radius 2 is 1.92 bits per heavy atom. The molecule has 1 aromatic carbocycles. The van der Waals surface area contributed by atoms with Crippen LogP contribution in [-0.2, 0) is 10.5 Å². The van der Waals surface area contributed by atoms with E-state index < -0.39 is 0 Å². The number of aromatic nitrogens is 3. The van der Waals surface area contributed by atoms with Crippen LogP contribution in [0.25, 0.3) is 15.8 Å². The minimum atomic E-state index is -0.161. The first-order chi connectivity index (χ1) is 17.8. The number of rotatable bonds is 8. The van der Waals surface area contributed by atoms with E-state index in [1.165, 1.54) is 17.3 Å². The Morgan fingerprint density at radius 1 is 1.19 bits per heavy atom. The van der Waals surface area contributed by atoms with Crippen LogP contribution in [0.15, 0.2) is 42.4 Å². The Morgan fingerprint density at radius 3 is 2.59 bits per heavy atom. The number of amides is 1. The summed E-state index contributed by atoms with van der Waals surface area (Å²) >= 11 is 1.54. The molecule has 4 rings (SSSR count). The lowest BCUT2D eigenvalue weighted by Gasteiger charge is -2.33. The van der Waals surface area contributed by atoms with Gasteiger partial charge < -0.3 is 15.5 Å². The summed E-state index contributed by atoms with van der Waals surface area (Å²) in [6, 6.07) is 8.09. The number of benzene rings is 1. The molecule has 8 nitrogen and oxygen atoms in total. The highest BCUT2D eigenvalue weighted by molar-refractivity contribution is 8.07. The quantitative estimate of drug-likeness (QED) is 0.433. The third-order valence-corrected chi connectivity index (χ3v) is 7.70. The molecule has 37 heavy (non-hydrogen) atoms. The number of aryl methyl sites for hydroxylation is 2. The second-order valence-corrected chi connectivity index (χ2v) is 10.3. The number of carbonyl (C=O) groups excluding carboxylic acids is 1. The van der Waals surface area contributed by atoms with Crippen LogP contribution in [0.1, 0.15) is 36.2 Å². The van der Waals surface area contributed by atoms with E-state index in [-0.39, 0.29) is 11.6 Å². The Bertz CT molecular complexity index is 1200. The van der Waals surface area contributed by atoms with E-state index in [0.717, 1.165) is 65.4 Å². The highest BCUT2D eigenvalue weighted by Gasteiger charge is 2.21. The van der Waals surface area contributed by atoms with Crippen molar-refractivity contribution < 1.29 is 4.79 Å². The second kappa shape index (κ2) is 13.6. The lowest BCUT2D eigenvalue weighted by Crippen LogP contribution is -2.47. The standard InChI is InChI=1S/C26H35N7OS.C2H6/c1-18-14-19(2)24-21(15-18)22(29-30-24)17-35-25(20-6-5-7-28-16-20)23(27)26(34)32(4)10-13-33-11-8-31(3)9-12-33;1-2/h5-7,14-16H,8-13,17,27H2,1-4H3,(H,29,30);1-2H3/b25-23-;. The molecule has 0 radical (unpaired) electrons. The maximum Gasteiger partial charge on any atom is 0.270 e. The number of pyridine rings is 1. The molecular weight excluding hydrogens is 482 g/mol. The number of carbonyl (C=O) groups is 1. The molecule has 200 valence electrons. The number of H-pyrrole nitrogens is 1. The summed E-state index contributed by atoms with van der Waals surface area (Å²) in [4.78, 5) is 24.8. The number of nitrogens with zero attached hydrogens (tertiary/aromatic N) is 5. The fourth-order valence-electron chi connectivity index (χ4n) is 4.36. The minimum Gasteiger partial charge on any atom is -0.393 e. The zero-order chi connectivity index (χ0) is 26.9. The average molecular weight is 524 g/mol. The van der Waals surface area contributed by atoms with Crippen molar-refractivity contribution in [3.8, 4) is 0 Å². The molecule has 1 amide bonds. The SMILES string of the molecule is CC.Cc1cc(C)c2n[nH]c(CS/C(=C(\N)C(=O)N(C)CCN3CCN(C)CC3)c3cccnc3)c2c1. The van der Waals surface area contributed by atoms with E-state index in [2.05, 4.69) is 58.0 Å². The van der Waals surface area contributed by atoms with Gasteiger partial charge in [0.15, 0.2) is 0 Å². The number of piperazine rings is 1. The van der Waals surface area contributed by atoms with E-state index in [1.54, 1.807) is 17.3 Å². The molecule has 0 atom stereocenters. The predicted octanol–water partition coefficient (Wildman–Crippen LogP) is 3.87. The van der Waals surface area contributed by atoms with Crippen LogP contribution in [0, 0.1) is 13.8 Å². The molecule has 0 unspecified atom stereocenters. The molecule has 3 aromatic rings. The van der Waals surface area contributed by atoms with E-state index in [1.807, 2.05) is 33.0 Å². The van der Waals surface area contributed by atoms with E-state index >= 15 is 0 Å². The Balaban J connectivity index is 0.00000186. The maximum absolute atomic E-state index is 13.3. The number of fused-ring (bicyclic) bond motifs is 1. The Hall–Kier alpha value is -2.88. The summed E-state index contributed by atoms with van der Waals surface area (Å²) in [5.74, 6) is 0.453. The predicted molar refractivity (Wildman–Crippen MR) is 155 cm³/mol. The van der Waals surface area contributed by atoms with Crippen molar-refractivity contribution in [1.29, 1.82) is 0 Å². The summed E-state index contributed by atoms with van der Waals surface area (Å²) in [5.41, 5.74) is 11.9. The maximum atomic E-state index is 13.3. The number of likely N-dealkylation sites (N-methyl/N-ethyl adjacent to an activating group) is 2. The fraction of sp³-hybridized carbons (Fsp3) is 0.464. The van der Waals surface area contributed by atoms with Gasteiger partial charge in [0.2, 0.25) is 0 Å². The van der Waals surface area contributed by atoms with Gasteiger partial charge in [-0.2, -0.15) is 5.10 Å². The number of nitrogens with two attached hydrogens (primary N) is 1. The van der Waals surface area contributed by atoms with Gasteiger partial charge in [0.05, 0.1) is 11.2 Å². The lowest BCUT2D eigenvalue weighted by atomic mass is 10.1. The zero-order valence-corrected chi connectivity index (χ0v) is 23.9. The van der Waals surface area contributed by atoms with Gasteiger partial charge in [0.25, 0.3) is 5.91 Å². The van der Waals surface area contributed by atoms with Crippen molar-refractivity contribution in [1.82, 2.24) is 29.9 Å². The first kappa shape index (κ1) is 28.7. The molecular formula is C28H41N7OS. The molecule has 1 aliphatic heterocycles. The highest BCUT2D eigenvalue weighted by Crippen LogP contribution is 2.34. The lowest BCUT2D eigenvalue weighted by molar-refractivity contribution is -0.126. The van der Waals surface area contributed by atoms with Crippen LogP contribution in [0.2, 0.25) is 0 Å². The van der Waals surface area contributed by atoms with Gasteiger partial charge in [0, 0.05) is 80.3 Å². The number of hydrogen-bond acceptors (Lipinski definition) is 7. The number of thioether (sulfide) groups is 1. The molecule has 2 aromatic heterocycles. The zero-order valence-electron chi connectivity index (χ0n) is 23.0. The summed E-state index contributed by atoms with van der Waals surface area (Å²) in [5, 5.41) is 8.80. The van der Waals surface area contributed by atoms with E-state index in [0.29, 0.717) is 12.3 Å². The summed E-state index contributed by atoms with van der Waals surface area (Å²) in [7, 11) is 3.97. The normalized spacial score (nSPS) is 15.2.